The summed E-state index contributed by atoms with van der Waals surface area (Å²) in [6.45, 7) is 2.18. The van der Waals surface area contributed by atoms with Crippen molar-refractivity contribution in [1.29, 1.82) is 0 Å². The number of benzene rings is 1. The Morgan fingerprint density at radius 3 is 2.43 bits per heavy atom. The Morgan fingerprint density at radius 2 is 1.81 bits per heavy atom. The van der Waals surface area contributed by atoms with Gasteiger partial charge in [-0.25, -0.2) is 0 Å². The number of amides is 1. The van der Waals surface area contributed by atoms with Gasteiger partial charge < -0.3 is 10.1 Å². The average Bonchev–Trinajstić information content (AvgIpc) is 2.49. The molecule has 0 saturated heterocycles. The summed E-state index contributed by atoms with van der Waals surface area (Å²) in [6, 6.07) is 6.92. The molecule has 21 heavy (non-hydrogen) atoms. The first kappa shape index (κ1) is 17.4. The number of ketones is 1. The lowest BCUT2D eigenvalue weighted by atomic mass is 10.1. The summed E-state index contributed by atoms with van der Waals surface area (Å²) in [4.78, 5) is 34.5. The molecule has 0 aliphatic heterocycles. The lowest BCUT2D eigenvalue weighted by Gasteiger charge is -2.05. The topological polar surface area (TPSA) is 72.5 Å². The van der Waals surface area contributed by atoms with Gasteiger partial charge in [0, 0.05) is 23.0 Å². The third-order valence-corrected chi connectivity index (χ3v) is 3.19. The van der Waals surface area contributed by atoms with Crippen molar-refractivity contribution in [3.63, 3.8) is 0 Å². The summed E-state index contributed by atoms with van der Waals surface area (Å²) in [5, 5.41) is 2.60. The molecule has 1 amide bonds. The number of hydrogen-bond donors (Lipinski definition) is 1. The second-order valence-electron chi connectivity index (χ2n) is 4.44. The van der Waals surface area contributed by atoms with Crippen LogP contribution in [0.5, 0.6) is 0 Å². The van der Waals surface area contributed by atoms with Crippen LogP contribution in [0.3, 0.4) is 0 Å². The van der Waals surface area contributed by atoms with E-state index in [2.05, 4.69) is 21.2 Å². The van der Waals surface area contributed by atoms with Gasteiger partial charge in [-0.3, -0.25) is 14.4 Å². The van der Waals surface area contributed by atoms with Crippen molar-refractivity contribution < 1.29 is 19.1 Å². The summed E-state index contributed by atoms with van der Waals surface area (Å²) in [5.41, 5.74) is 0.548. The first-order chi connectivity index (χ1) is 10.0. The van der Waals surface area contributed by atoms with Crippen molar-refractivity contribution in [2.75, 3.05) is 13.2 Å². The van der Waals surface area contributed by atoms with Gasteiger partial charge in [-0.15, -0.1) is 0 Å². The molecular formula is C15H18BrNO4. The zero-order valence-electron chi connectivity index (χ0n) is 11.9. The normalized spacial score (nSPS) is 10.0. The fourth-order valence-corrected chi connectivity index (χ4v) is 1.79. The lowest BCUT2D eigenvalue weighted by molar-refractivity contribution is -0.148. The Hall–Kier alpha value is -1.69. The van der Waals surface area contributed by atoms with Gasteiger partial charge in [-0.1, -0.05) is 35.0 Å². The molecule has 1 aromatic rings. The Kier molecular flexibility index (Phi) is 7.68. The molecule has 6 heteroatoms. The van der Waals surface area contributed by atoms with Gasteiger partial charge in [0.1, 0.15) is 0 Å². The molecule has 0 bridgehead atoms. The minimum Gasteiger partial charge on any atom is -0.456 e. The highest BCUT2D eigenvalue weighted by Crippen LogP contribution is 2.12. The van der Waals surface area contributed by atoms with Crippen molar-refractivity contribution >= 4 is 33.6 Å². The zero-order chi connectivity index (χ0) is 15.7. The van der Waals surface area contributed by atoms with Crippen LogP contribution in [0.4, 0.5) is 0 Å². The van der Waals surface area contributed by atoms with E-state index in [0.717, 1.165) is 10.9 Å². The molecule has 0 radical (unpaired) electrons. The van der Waals surface area contributed by atoms with Crippen LogP contribution in [0.15, 0.2) is 28.7 Å². The number of Topliss-reactive ketones (excluding diaryl/α,β-unsaturated/α-hetero) is 1. The van der Waals surface area contributed by atoms with E-state index in [1.54, 1.807) is 24.3 Å². The molecule has 0 saturated carbocycles. The van der Waals surface area contributed by atoms with Gasteiger partial charge in [0.15, 0.2) is 12.4 Å². The molecule has 114 valence electrons. The molecule has 0 unspecified atom stereocenters. The van der Waals surface area contributed by atoms with Gasteiger partial charge in [0.2, 0.25) is 0 Å². The number of carbonyl (C=O) groups is 3. The molecule has 1 aromatic carbocycles. The first-order valence-electron chi connectivity index (χ1n) is 6.74. The number of hydrogen-bond acceptors (Lipinski definition) is 4. The standard InChI is InChI=1S/C15H18BrNO4/c1-2-9-17-14(19)10-21-15(20)8-7-13(18)11-3-5-12(16)6-4-11/h3-6H,2,7-10H2,1H3,(H,17,19). The number of nitrogens with one attached hydrogen (secondary N) is 1. The summed E-state index contributed by atoms with van der Waals surface area (Å²) >= 11 is 3.29. The molecule has 1 N–H and O–H groups in total. The van der Waals surface area contributed by atoms with Gasteiger partial charge >= 0.3 is 5.97 Å². The fourth-order valence-electron chi connectivity index (χ4n) is 1.53. The maximum Gasteiger partial charge on any atom is 0.306 e. The number of ether oxygens (including phenoxy) is 1. The van der Waals surface area contributed by atoms with Gasteiger partial charge in [-0.2, -0.15) is 0 Å². The van der Waals surface area contributed by atoms with Crippen LogP contribution in [0.1, 0.15) is 36.5 Å². The van der Waals surface area contributed by atoms with Crippen molar-refractivity contribution in [3.8, 4) is 0 Å². The predicted molar refractivity (Wildman–Crippen MR) is 82.0 cm³/mol. The minimum absolute atomic E-state index is 0.0318. The summed E-state index contributed by atoms with van der Waals surface area (Å²) < 4.78 is 5.68. The maximum atomic E-state index is 11.8. The van der Waals surface area contributed by atoms with Gasteiger partial charge in [0.05, 0.1) is 6.42 Å². The largest absolute Gasteiger partial charge is 0.456 e. The predicted octanol–water partition coefficient (Wildman–Crippen LogP) is 2.48. The molecule has 5 nitrogen and oxygen atoms in total. The van der Waals surface area contributed by atoms with Crippen molar-refractivity contribution in [2.45, 2.75) is 26.2 Å². The second kappa shape index (κ2) is 9.28. The van der Waals surface area contributed by atoms with E-state index >= 15 is 0 Å². The van der Waals surface area contributed by atoms with E-state index in [9.17, 15) is 14.4 Å². The average molecular weight is 356 g/mol. The van der Waals surface area contributed by atoms with E-state index in [-0.39, 0.29) is 31.1 Å². The number of halogens is 1. The summed E-state index contributed by atoms with van der Waals surface area (Å²) in [6.07, 6.45) is 0.856. The Morgan fingerprint density at radius 1 is 1.14 bits per heavy atom. The van der Waals surface area contributed by atoms with Crippen molar-refractivity contribution in [1.82, 2.24) is 5.32 Å². The zero-order valence-corrected chi connectivity index (χ0v) is 13.4. The Bertz CT molecular complexity index is 499. The van der Waals surface area contributed by atoms with E-state index in [1.807, 2.05) is 6.92 Å². The van der Waals surface area contributed by atoms with Crippen LogP contribution in [0, 0.1) is 0 Å². The summed E-state index contributed by atoms with van der Waals surface area (Å²) in [7, 11) is 0. The molecule has 0 fully saturated rings. The van der Waals surface area contributed by atoms with E-state index in [4.69, 9.17) is 4.74 Å². The molecule has 0 heterocycles. The second-order valence-corrected chi connectivity index (χ2v) is 5.36. The van der Waals surface area contributed by atoms with Crippen LogP contribution < -0.4 is 5.32 Å². The SMILES string of the molecule is CCCNC(=O)COC(=O)CCC(=O)c1ccc(Br)cc1. The quantitative estimate of drug-likeness (QED) is 0.574. The highest BCUT2D eigenvalue weighted by molar-refractivity contribution is 9.10. The lowest BCUT2D eigenvalue weighted by Crippen LogP contribution is -2.29. The third kappa shape index (κ3) is 7.04. The molecular weight excluding hydrogens is 338 g/mol. The van der Waals surface area contributed by atoms with E-state index in [1.165, 1.54) is 0 Å². The molecule has 0 aliphatic rings. The van der Waals surface area contributed by atoms with Gasteiger partial charge in [-0.05, 0) is 18.6 Å². The molecule has 0 atom stereocenters. The minimum atomic E-state index is -0.549. The molecule has 0 aromatic heterocycles. The van der Waals surface area contributed by atoms with Crippen LogP contribution >= 0.6 is 15.9 Å². The maximum absolute atomic E-state index is 11.8. The van der Waals surface area contributed by atoms with Crippen LogP contribution in [-0.4, -0.2) is 30.8 Å². The van der Waals surface area contributed by atoms with Gasteiger partial charge in [0.25, 0.3) is 5.91 Å². The number of carbonyl (C=O) groups excluding carboxylic acids is 3. The molecule has 0 spiro atoms. The third-order valence-electron chi connectivity index (χ3n) is 2.66. The Labute approximate surface area is 132 Å². The van der Waals surface area contributed by atoms with E-state index in [0.29, 0.717) is 12.1 Å². The first-order valence-corrected chi connectivity index (χ1v) is 7.53. The van der Waals surface area contributed by atoms with Crippen molar-refractivity contribution in [3.05, 3.63) is 34.3 Å². The fraction of sp³-hybridized carbons (Fsp3) is 0.400. The Balaban J connectivity index is 2.28. The van der Waals surface area contributed by atoms with Crippen LogP contribution in [0.2, 0.25) is 0 Å². The van der Waals surface area contributed by atoms with Crippen LogP contribution in [0.25, 0.3) is 0 Å². The number of rotatable bonds is 8. The van der Waals surface area contributed by atoms with Crippen molar-refractivity contribution in [2.24, 2.45) is 0 Å². The summed E-state index contributed by atoms with van der Waals surface area (Å²) in [5.74, 6) is -1.01. The highest BCUT2D eigenvalue weighted by Gasteiger charge is 2.11. The highest BCUT2D eigenvalue weighted by atomic mass is 79.9. The molecule has 1 rings (SSSR count). The van der Waals surface area contributed by atoms with Crippen LogP contribution in [-0.2, 0) is 14.3 Å². The smallest absolute Gasteiger partial charge is 0.306 e. The van der Waals surface area contributed by atoms with E-state index < -0.39 is 5.97 Å². The molecule has 0 aliphatic carbocycles. The monoisotopic (exact) mass is 355 g/mol. The number of esters is 1.